The number of hydrogen-bond acceptors (Lipinski definition) is 1. The Kier molecular flexibility index (Phi) is 1.85. The lowest BCUT2D eigenvalue weighted by molar-refractivity contribution is 1.22. The van der Waals surface area contributed by atoms with Crippen LogP contribution < -0.4 is 0 Å². The van der Waals surface area contributed by atoms with Crippen LogP contribution in [0.15, 0.2) is 37.0 Å². The van der Waals surface area contributed by atoms with E-state index in [2.05, 4.69) is 29.8 Å². The van der Waals surface area contributed by atoms with Crippen LogP contribution in [0.2, 0.25) is 0 Å². The number of benzene rings is 1. The second-order valence-electron chi connectivity index (χ2n) is 3.10. The van der Waals surface area contributed by atoms with E-state index in [4.69, 9.17) is 0 Å². The SMILES string of the molecule is C=Cc1cccc2cnc(C)cc12. The molecule has 0 unspecified atom stereocenters. The molecule has 1 heterocycles. The normalized spacial score (nSPS) is 10.2. The first-order chi connectivity index (χ1) is 6.31. The molecule has 0 N–H and O–H groups in total. The quantitative estimate of drug-likeness (QED) is 0.638. The molecule has 0 bridgehead atoms. The van der Waals surface area contributed by atoms with Gasteiger partial charge < -0.3 is 0 Å². The summed E-state index contributed by atoms with van der Waals surface area (Å²) in [5.41, 5.74) is 2.21. The van der Waals surface area contributed by atoms with Gasteiger partial charge in [-0.2, -0.15) is 0 Å². The maximum absolute atomic E-state index is 4.25. The number of aromatic nitrogens is 1. The highest BCUT2D eigenvalue weighted by Crippen LogP contribution is 2.19. The summed E-state index contributed by atoms with van der Waals surface area (Å²) in [5, 5.41) is 2.40. The zero-order chi connectivity index (χ0) is 9.26. The molecule has 1 aromatic carbocycles. The van der Waals surface area contributed by atoms with Gasteiger partial charge in [0.1, 0.15) is 0 Å². The van der Waals surface area contributed by atoms with Crippen molar-refractivity contribution >= 4 is 16.8 Å². The van der Waals surface area contributed by atoms with Crippen LogP contribution in [-0.4, -0.2) is 4.98 Å². The molecule has 1 nitrogen and oxygen atoms in total. The Labute approximate surface area is 77.7 Å². The Bertz CT molecular complexity index is 458. The van der Waals surface area contributed by atoms with E-state index in [1.54, 1.807) is 0 Å². The minimum Gasteiger partial charge on any atom is -0.261 e. The molecular formula is C12H11N. The highest BCUT2D eigenvalue weighted by Gasteiger charge is 1.97. The lowest BCUT2D eigenvalue weighted by Gasteiger charge is -2.01. The highest BCUT2D eigenvalue weighted by atomic mass is 14.6. The Hall–Kier alpha value is -1.63. The van der Waals surface area contributed by atoms with Gasteiger partial charge in [0.25, 0.3) is 0 Å². The highest BCUT2D eigenvalue weighted by molar-refractivity contribution is 5.89. The Balaban J connectivity index is 2.86. The maximum Gasteiger partial charge on any atom is 0.0379 e. The van der Waals surface area contributed by atoms with Crippen LogP contribution in [0, 0.1) is 6.92 Å². The fourth-order valence-electron chi connectivity index (χ4n) is 1.48. The van der Waals surface area contributed by atoms with Crippen LogP contribution in [0.25, 0.3) is 16.8 Å². The number of rotatable bonds is 1. The molecule has 64 valence electrons. The van der Waals surface area contributed by atoms with E-state index >= 15 is 0 Å². The second-order valence-corrected chi connectivity index (χ2v) is 3.10. The molecule has 0 fully saturated rings. The topological polar surface area (TPSA) is 12.9 Å². The minimum absolute atomic E-state index is 1.04. The standard InChI is InChI=1S/C12H11N/c1-3-10-5-4-6-11-8-13-9(2)7-12(10)11/h3-8H,1H2,2H3. The second kappa shape index (κ2) is 3.02. The lowest BCUT2D eigenvalue weighted by atomic mass is 10.1. The number of pyridine rings is 1. The van der Waals surface area contributed by atoms with E-state index in [0.717, 1.165) is 5.69 Å². The van der Waals surface area contributed by atoms with Crippen molar-refractivity contribution in [1.29, 1.82) is 0 Å². The molecule has 2 rings (SSSR count). The summed E-state index contributed by atoms with van der Waals surface area (Å²) in [6.07, 6.45) is 3.78. The van der Waals surface area contributed by atoms with Crippen molar-refractivity contribution in [2.45, 2.75) is 6.92 Å². The van der Waals surface area contributed by atoms with Gasteiger partial charge in [0.05, 0.1) is 0 Å². The third-order valence-electron chi connectivity index (χ3n) is 2.15. The molecule has 13 heavy (non-hydrogen) atoms. The maximum atomic E-state index is 4.25. The molecular weight excluding hydrogens is 158 g/mol. The molecule has 0 radical (unpaired) electrons. The zero-order valence-corrected chi connectivity index (χ0v) is 7.62. The number of nitrogens with zero attached hydrogens (tertiary/aromatic N) is 1. The number of fused-ring (bicyclic) bond motifs is 1. The van der Waals surface area contributed by atoms with E-state index in [1.165, 1.54) is 16.3 Å². The molecule has 0 spiro atoms. The van der Waals surface area contributed by atoms with Gasteiger partial charge in [-0.3, -0.25) is 4.98 Å². The van der Waals surface area contributed by atoms with E-state index < -0.39 is 0 Å². The van der Waals surface area contributed by atoms with Crippen molar-refractivity contribution in [1.82, 2.24) is 4.98 Å². The number of aryl methyl sites for hydroxylation is 1. The molecule has 0 saturated heterocycles. The first-order valence-electron chi connectivity index (χ1n) is 4.29. The summed E-state index contributed by atoms with van der Waals surface area (Å²) in [7, 11) is 0. The molecule has 0 aliphatic rings. The Morgan fingerprint density at radius 1 is 1.38 bits per heavy atom. The Morgan fingerprint density at radius 2 is 2.23 bits per heavy atom. The van der Waals surface area contributed by atoms with Crippen LogP contribution in [0.3, 0.4) is 0 Å². The van der Waals surface area contributed by atoms with Crippen LogP contribution in [-0.2, 0) is 0 Å². The predicted molar refractivity (Wildman–Crippen MR) is 56.6 cm³/mol. The largest absolute Gasteiger partial charge is 0.261 e. The summed E-state index contributed by atoms with van der Waals surface area (Å²) in [6.45, 7) is 5.79. The van der Waals surface area contributed by atoms with E-state index in [0.29, 0.717) is 0 Å². The van der Waals surface area contributed by atoms with Gasteiger partial charge in [-0.25, -0.2) is 0 Å². The van der Waals surface area contributed by atoms with Gasteiger partial charge in [-0.1, -0.05) is 30.9 Å². The van der Waals surface area contributed by atoms with Crippen molar-refractivity contribution in [3.63, 3.8) is 0 Å². The van der Waals surface area contributed by atoms with E-state index in [1.807, 2.05) is 25.3 Å². The monoisotopic (exact) mass is 169 g/mol. The van der Waals surface area contributed by atoms with Crippen molar-refractivity contribution in [3.05, 3.63) is 48.3 Å². The lowest BCUT2D eigenvalue weighted by Crippen LogP contribution is -1.83. The first kappa shape index (κ1) is 7.99. The summed E-state index contributed by atoms with van der Waals surface area (Å²) in [4.78, 5) is 4.25. The van der Waals surface area contributed by atoms with Crippen molar-refractivity contribution in [2.75, 3.05) is 0 Å². The Morgan fingerprint density at radius 3 is 3.00 bits per heavy atom. The van der Waals surface area contributed by atoms with Crippen molar-refractivity contribution in [3.8, 4) is 0 Å². The van der Waals surface area contributed by atoms with E-state index in [9.17, 15) is 0 Å². The smallest absolute Gasteiger partial charge is 0.0379 e. The summed E-state index contributed by atoms with van der Waals surface area (Å²) in [5.74, 6) is 0. The van der Waals surface area contributed by atoms with Crippen LogP contribution >= 0.6 is 0 Å². The van der Waals surface area contributed by atoms with Crippen LogP contribution in [0.5, 0.6) is 0 Å². The summed E-state index contributed by atoms with van der Waals surface area (Å²) < 4.78 is 0. The van der Waals surface area contributed by atoms with Gasteiger partial charge in [0.2, 0.25) is 0 Å². The predicted octanol–water partition coefficient (Wildman–Crippen LogP) is 3.19. The van der Waals surface area contributed by atoms with Gasteiger partial charge in [-0.15, -0.1) is 0 Å². The van der Waals surface area contributed by atoms with Gasteiger partial charge in [0.15, 0.2) is 0 Å². The summed E-state index contributed by atoms with van der Waals surface area (Å²) in [6, 6.07) is 8.24. The van der Waals surface area contributed by atoms with E-state index in [-0.39, 0.29) is 0 Å². The van der Waals surface area contributed by atoms with Gasteiger partial charge >= 0.3 is 0 Å². The fourth-order valence-corrected chi connectivity index (χ4v) is 1.48. The fraction of sp³-hybridized carbons (Fsp3) is 0.0833. The van der Waals surface area contributed by atoms with Crippen molar-refractivity contribution in [2.24, 2.45) is 0 Å². The molecule has 0 amide bonds. The summed E-state index contributed by atoms with van der Waals surface area (Å²) >= 11 is 0. The molecule has 0 saturated carbocycles. The number of hydrogen-bond donors (Lipinski definition) is 0. The molecule has 0 aliphatic carbocycles. The van der Waals surface area contributed by atoms with Crippen LogP contribution in [0.1, 0.15) is 11.3 Å². The molecule has 2 aromatic rings. The minimum atomic E-state index is 1.04. The first-order valence-corrected chi connectivity index (χ1v) is 4.29. The molecule has 0 aliphatic heterocycles. The van der Waals surface area contributed by atoms with Gasteiger partial charge in [-0.05, 0) is 23.9 Å². The van der Waals surface area contributed by atoms with Crippen LogP contribution in [0.4, 0.5) is 0 Å². The molecule has 1 heteroatoms. The van der Waals surface area contributed by atoms with Crippen molar-refractivity contribution < 1.29 is 0 Å². The zero-order valence-electron chi connectivity index (χ0n) is 7.62. The molecule has 0 atom stereocenters. The molecule has 1 aromatic heterocycles. The van der Waals surface area contributed by atoms with Gasteiger partial charge in [0, 0.05) is 17.3 Å². The average molecular weight is 169 g/mol. The third-order valence-corrected chi connectivity index (χ3v) is 2.15. The third kappa shape index (κ3) is 1.33. The average Bonchev–Trinajstić information content (AvgIpc) is 2.17.